The predicted octanol–water partition coefficient (Wildman–Crippen LogP) is 3.84. The Morgan fingerprint density at radius 2 is 2.14 bits per heavy atom. The van der Waals surface area contributed by atoms with E-state index in [9.17, 15) is 9.59 Å². The average molecular weight is 365 g/mol. The summed E-state index contributed by atoms with van der Waals surface area (Å²) >= 11 is 4.57. The Morgan fingerprint density at radius 1 is 1.33 bits per heavy atom. The first-order chi connectivity index (χ1) is 10.0. The van der Waals surface area contributed by atoms with E-state index >= 15 is 0 Å². The molecule has 2 heterocycles. The minimum atomic E-state index is -0.310. The first-order valence-corrected chi connectivity index (χ1v) is 7.67. The number of hydrogen-bond acceptors (Lipinski definition) is 5. The van der Waals surface area contributed by atoms with Crippen molar-refractivity contribution in [1.29, 1.82) is 0 Å². The molecule has 2 aromatic heterocycles. The van der Waals surface area contributed by atoms with Gasteiger partial charge in [0.2, 0.25) is 11.7 Å². The maximum Gasteiger partial charge on any atom is 0.247 e. The number of benzene rings is 1. The van der Waals surface area contributed by atoms with Crippen molar-refractivity contribution in [1.82, 2.24) is 4.98 Å². The highest BCUT2D eigenvalue weighted by Crippen LogP contribution is 2.25. The Kier molecular flexibility index (Phi) is 3.60. The molecule has 1 amide bonds. The van der Waals surface area contributed by atoms with Crippen LogP contribution in [0.2, 0.25) is 0 Å². The fourth-order valence-corrected chi connectivity index (χ4v) is 2.95. The summed E-state index contributed by atoms with van der Waals surface area (Å²) in [6.45, 7) is 1.39. The largest absolute Gasteiger partial charge is 0.453 e. The van der Waals surface area contributed by atoms with Crippen LogP contribution in [0.3, 0.4) is 0 Å². The molecule has 0 aliphatic rings. The van der Waals surface area contributed by atoms with Gasteiger partial charge in [0.05, 0.1) is 0 Å². The minimum Gasteiger partial charge on any atom is -0.453 e. The second kappa shape index (κ2) is 5.42. The summed E-state index contributed by atoms with van der Waals surface area (Å²) < 4.78 is 6.45. The van der Waals surface area contributed by atoms with Crippen LogP contribution >= 0.6 is 27.3 Å². The highest BCUT2D eigenvalue weighted by atomic mass is 79.9. The van der Waals surface area contributed by atoms with Crippen LogP contribution in [-0.2, 0) is 4.79 Å². The molecule has 7 heteroatoms. The average Bonchev–Trinajstić information content (AvgIpc) is 3.03. The highest BCUT2D eigenvalue weighted by Gasteiger charge is 2.18. The summed E-state index contributed by atoms with van der Waals surface area (Å²) in [6, 6.07) is 7.19. The molecule has 0 atom stereocenters. The van der Waals surface area contributed by atoms with E-state index in [0.29, 0.717) is 10.7 Å². The Bertz CT molecular complexity index is 853. The fourth-order valence-electron chi connectivity index (χ4n) is 1.84. The summed E-state index contributed by atoms with van der Waals surface area (Å²) in [5.74, 6) is -0.310. The molecular weight excluding hydrogens is 356 g/mol. The van der Waals surface area contributed by atoms with Crippen LogP contribution in [0, 0.1) is 0 Å². The number of carbonyl (C=O) groups excluding carboxylic acids is 2. The van der Waals surface area contributed by atoms with E-state index in [2.05, 4.69) is 26.2 Å². The zero-order valence-electron chi connectivity index (χ0n) is 10.8. The van der Waals surface area contributed by atoms with E-state index in [4.69, 9.17) is 4.42 Å². The maximum atomic E-state index is 12.3. The molecule has 0 unspecified atom stereocenters. The number of carbonyl (C=O) groups is 2. The first kappa shape index (κ1) is 14.0. The lowest BCUT2D eigenvalue weighted by Gasteiger charge is -1.93. The van der Waals surface area contributed by atoms with Gasteiger partial charge in [0.25, 0.3) is 0 Å². The maximum absolute atomic E-state index is 12.3. The zero-order valence-corrected chi connectivity index (χ0v) is 13.2. The molecular formula is C14H9BrN2O3S. The third kappa shape index (κ3) is 2.88. The van der Waals surface area contributed by atoms with Crippen LogP contribution in [0.25, 0.3) is 11.0 Å². The lowest BCUT2D eigenvalue weighted by molar-refractivity contribution is -0.114. The molecule has 3 rings (SSSR count). The van der Waals surface area contributed by atoms with E-state index < -0.39 is 0 Å². The number of thiazole rings is 1. The number of halogens is 1. The Labute approximate surface area is 132 Å². The molecule has 0 bridgehead atoms. The molecule has 0 fully saturated rings. The normalized spacial score (nSPS) is 10.8. The summed E-state index contributed by atoms with van der Waals surface area (Å²) in [4.78, 5) is 27.4. The van der Waals surface area contributed by atoms with Crippen LogP contribution < -0.4 is 5.32 Å². The molecule has 1 aromatic carbocycles. The third-order valence-electron chi connectivity index (χ3n) is 2.72. The third-order valence-corrected chi connectivity index (χ3v) is 3.97. The summed E-state index contributed by atoms with van der Waals surface area (Å²) in [6.07, 6.45) is 0. The minimum absolute atomic E-state index is 0.225. The number of hydrogen-bond donors (Lipinski definition) is 1. The molecule has 0 aliphatic heterocycles. The molecule has 3 aromatic rings. The van der Waals surface area contributed by atoms with Crippen molar-refractivity contribution in [2.45, 2.75) is 6.92 Å². The van der Waals surface area contributed by atoms with Gasteiger partial charge in [-0.05, 0) is 24.3 Å². The number of amides is 1. The molecule has 0 saturated carbocycles. The van der Waals surface area contributed by atoms with Crippen LogP contribution in [0.15, 0.2) is 38.5 Å². The van der Waals surface area contributed by atoms with Crippen molar-refractivity contribution >= 4 is 55.1 Å². The molecule has 0 aliphatic carbocycles. The molecule has 1 N–H and O–H groups in total. The van der Waals surface area contributed by atoms with Crippen molar-refractivity contribution in [3.8, 4) is 0 Å². The van der Waals surface area contributed by atoms with E-state index in [1.807, 2.05) is 12.1 Å². The Balaban J connectivity index is 1.92. The van der Waals surface area contributed by atoms with Gasteiger partial charge in [0.1, 0.15) is 11.3 Å². The number of anilines is 1. The fraction of sp³-hybridized carbons (Fsp3) is 0.0714. The number of ketones is 1. The van der Waals surface area contributed by atoms with Crippen LogP contribution in [0.5, 0.6) is 0 Å². The van der Waals surface area contributed by atoms with Gasteiger partial charge in [0, 0.05) is 22.2 Å². The van der Waals surface area contributed by atoms with Gasteiger partial charge >= 0.3 is 0 Å². The van der Waals surface area contributed by atoms with Gasteiger partial charge in [0.15, 0.2) is 10.9 Å². The van der Waals surface area contributed by atoms with Gasteiger partial charge in [-0.25, -0.2) is 4.98 Å². The predicted molar refractivity (Wildman–Crippen MR) is 83.8 cm³/mol. The number of furan rings is 1. The molecule has 5 nitrogen and oxygen atoms in total. The van der Waals surface area contributed by atoms with Gasteiger partial charge in [-0.2, -0.15) is 0 Å². The second-order valence-electron chi connectivity index (χ2n) is 4.34. The number of nitrogens with zero attached hydrogens (tertiary/aromatic N) is 1. The van der Waals surface area contributed by atoms with Gasteiger partial charge in [-0.1, -0.05) is 15.9 Å². The molecule has 0 spiro atoms. The lowest BCUT2D eigenvalue weighted by Crippen LogP contribution is -2.06. The smallest absolute Gasteiger partial charge is 0.247 e. The molecule has 106 valence electrons. The number of fused-ring (bicyclic) bond motifs is 1. The second-order valence-corrected chi connectivity index (χ2v) is 6.11. The number of rotatable bonds is 3. The molecule has 0 saturated heterocycles. The highest BCUT2D eigenvalue weighted by molar-refractivity contribution is 9.10. The van der Waals surface area contributed by atoms with Crippen LogP contribution in [0.4, 0.5) is 5.13 Å². The molecule has 21 heavy (non-hydrogen) atoms. The van der Waals surface area contributed by atoms with Crippen molar-refractivity contribution in [3.63, 3.8) is 0 Å². The summed E-state index contributed by atoms with van der Waals surface area (Å²) in [5, 5.41) is 5.37. The van der Waals surface area contributed by atoms with Gasteiger partial charge < -0.3 is 9.73 Å². The summed E-state index contributed by atoms with van der Waals surface area (Å²) in [7, 11) is 0. The topological polar surface area (TPSA) is 72.2 Å². The van der Waals surface area contributed by atoms with Crippen LogP contribution in [0.1, 0.15) is 23.2 Å². The monoisotopic (exact) mass is 364 g/mol. The van der Waals surface area contributed by atoms with Gasteiger partial charge in [-0.15, -0.1) is 11.3 Å². The summed E-state index contributed by atoms with van der Waals surface area (Å²) in [5.41, 5.74) is 0.890. The standard InChI is InChI=1S/C14H9BrN2O3S/c1-7(18)16-14-17-10(6-21-14)13(19)12-5-8-4-9(15)2-3-11(8)20-12/h2-6H,1H3,(H,16,17,18). The van der Waals surface area contributed by atoms with Crippen molar-refractivity contribution < 1.29 is 14.0 Å². The van der Waals surface area contributed by atoms with Gasteiger partial charge in [-0.3, -0.25) is 9.59 Å². The van der Waals surface area contributed by atoms with E-state index in [1.165, 1.54) is 18.3 Å². The first-order valence-electron chi connectivity index (χ1n) is 6.00. The van der Waals surface area contributed by atoms with Crippen molar-refractivity contribution in [2.24, 2.45) is 0 Å². The SMILES string of the molecule is CC(=O)Nc1nc(C(=O)c2cc3cc(Br)ccc3o2)cs1. The quantitative estimate of drug-likeness (QED) is 0.716. The van der Waals surface area contributed by atoms with E-state index in [-0.39, 0.29) is 23.1 Å². The molecule has 0 radical (unpaired) electrons. The number of aromatic nitrogens is 1. The van der Waals surface area contributed by atoms with Crippen molar-refractivity contribution in [2.75, 3.05) is 5.32 Å². The Morgan fingerprint density at radius 3 is 2.90 bits per heavy atom. The van der Waals surface area contributed by atoms with Crippen molar-refractivity contribution in [3.05, 3.63) is 45.6 Å². The Hall–Kier alpha value is -1.99. The zero-order chi connectivity index (χ0) is 15.0. The lowest BCUT2D eigenvalue weighted by atomic mass is 10.2. The number of nitrogens with one attached hydrogen (secondary N) is 1. The van der Waals surface area contributed by atoms with E-state index in [0.717, 1.165) is 9.86 Å². The van der Waals surface area contributed by atoms with E-state index in [1.54, 1.807) is 17.5 Å². The van der Waals surface area contributed by atoms with Crippen LogP contribution in [-0.4, -0.2) is 16.7 Å².